The fraction of sp³-hybridized carbons (Fsp3) is 0. The van der Waals surface area contributed by atoms with Crippen molar-refractivity contribution in [2.24, 2.45) is 0 Å². The van der Waals surface area contributed by atoms with Gasteiger partial charge in [-0.25, -0.2) is 0 Å². The van der Waals surface area contributed by atoms with E-state index in [0.717, 1.165) is 11.1 Å². The van der Waals surface area contributed by atoms with Crippen LogP contribution in [0, 0.1) is 0 Å². The molecule has 4 rings (SSSR count). The summed E-state index contributed by atoms with van der Waals surface area (Å²) in [5, 5.41) is 9.96. The van der Waals surface area contributed by atoms with Crippen LogP contribution in [-0.2, 0) is 0 Å². The van der Waals surface area contributed by atoms with Crippen LogP contribution in [0.2, 0.25) is 5.02 Å². The van der Waals surface area contributed by atoms with E-state index in [0.29, 0.717) is 27.3 Å². The molecule has 1 N–H and O–H groups in total. The standard InChI is InChI=1S/C26H17ClO3/c27-23-13-9-21(10-14-23)25(29)19-5-1-17(2-6-19)18-3-7-20(8-4-18)26(30)22-11-15-24(28)16-12-22/h1-16,28H. The molecule has 0 amide bonds. The molecule has 146 valence electrons. The van der Waals surface area contributed by atoms with Crippen molar-refractivity contribution in [2.75, 3.05) is 0 Å². The molecule has 4 heteroatoms. The Bertz CT molecular complexity index is 1090. The Kier molecular flexibility index (Phi) is 5.46. The third-order valence-electron chi connectivity index (χ3n) is 4.86. The van der Waals surface area contributed by atoms with E-state index in [1.54, 1.807) is 60.7 Å². The first kappa shape index (κ1) is 19.6. The summed E-state index contributed by atoms with van der Waals surface area (Å²) in [6.07, 6.45) is 0. The van der Waals surface area contributed by atoms with E-state index in [1.165, 1.54) is 12.1 Å². The predicted octanol–water partition coefficient (Wildman–Crippen LogP) is 6.17. The van der Waals surface area contributed by atoms with Crippen molar-refractivity contribution in [1.29, 1.82) is 0 Å². The molecule has 0 aromatic heterocycles. The van der Waals surface area contributed by atoms with Gasteiger partial charge < -0.3 is 5.11 Å². The summed E-state index contributed by atoms with van der Waals surface area (Å²) < 4.78 is 0. The highest BCUT2D eigenvalue weighted by Crippen LogP contribution is 2.23. The zero-order chi connectivity index (χ0) is 21.1. The Balaban J connectivity index is 1.52. The normalized spacial score (nSPS) is 10.6. The van der Waals surface area contributed by atoms with Gasteiger partial charge in [-0.15, -0.1) is 0 Å². The second kappa shape index (κ2) is 8.36. The maximum Gasteiger partial charge on any atom is 0.193 e. The van der Waals surface area contributed by atoms with E-state index < -0.39 is 0 Å². The van der Waals surface area contributed by atoms with Gasteiger partial charge in [0.2, 0.25) is 0 Å². The lowest BCUT2D eigenvalue weighted by Gasteiger charge is -2.06. The van der Waals surface area contributed by atoms with Gasteiger partial charge >= 0.3 is 0 Å². The fourth-order valence-electron chi connectivity index (χ4n) is 3.18. The molecule has 0 heterocycles. The Hall–Kier alpha value is -3.69. The largest absolute Gasteiger partial charge is 0.508 e. The molecule has 0 bridgehead atoms. The summed E-state index contributed by atoms with van der Waals surface area (Å²) in [6.45, 7) is 0. The average Bonchev–Trinajstić information content (AvgIpc) is 2.79. The maximum absolute atomic E-state index is 12.6. The Morgan fingerprint density at radius 3 is 1.17 bits per heavy atom. The number of hydrogen-bond acceptors (Lipinski definition) is 3. The van der Waals surface area contributed by atoms with Gasteiger partial charge in [0.15, 0.2) is 11.6 Å². The van der Waals surface area contributed by atoms with Crippen LogP contribution in [0.25, 0.3) is 11.1 Å². The van der Waals surface area contributed by atoms with Crippen LogP contribution in [-0.4, -0.2) is 16.7 Å². The molecule has 0 unspecified atom stereocenters. The molecule has 0 aliphatic carbocycles. The minimum atomic E-state index is -0.106. The van der Waals surface area contributed by atoms with Crippen LogP contribution < -0.4 is 0 Å². The van der Waals surface area contributed by atoms with E-state index in [-0.39, 0.29) is 17.3 Å². The van der Waals surface area contributed by atoms with Crippen molar-refractivity contribution in [2.45, 2.75) is 0 Å². The van der Waals surface area contributed by atoms with Gasteiger partial charge in [0.1, 0.15) is 5.75 Å². The zero-order valence-corrected chi connectivity index (χ0v) is 16.6. The molecule has 0 radical (unpaired) electrons. The smallest absolute Gasteiger partial charge is 0.193 e. The summed E-state index contributed by atoms with van der Waals surface area (Å²) >= 11 is 5.88. The Labute approximate surface area is 179 Å². The van der Waals surface area contributed by atoms with E-state index >= 15 is 0 Å². The molecule has 0 saturated heterocycles. The molecule has 0 aliphatic rings. The fourth-order valence-corrected chi connectivity index (χ4v) is 3.30. The minimum absolute atomic E-state index is 0.0620. The molecule has 0 fully saturated rings. The summed E-state index contributed by atoms with van der Waals surface area (Å²) in [7, 11) is 0. The second-order valence-electron chi connectivity index (χ2n) is 6.87. The first-order chi connectivity index (χ1) is 14.5. The monoisotopic (exact) mass is 412 g/mol. The second-order valence-corrected chi connectivity index (χ2v) is 7.30. The zero-order valence-electron chi connectivity index (χ0n) is 15.9. The Morgan fingerprint density at radius 1 is 0.500 bits per heavy atom. The lowest BCUT2D eigenvalue weighted by atomic mass is 9.97. The van der Waals surface area contributed by atoms with Gasteiger partial charge in [-0.2, -0.15) is 0 Å². The lowest BCUT2D eigenvalue weighted by molar-refractivity contribution is 0.103. The highest BCUT2D eigenvalue weighted by molar-refractivity contribution is 6.30. The summed E-state index contributed by atoms with van der Waals surface area (Å²) in [4.78, 5) is 25.1. The van der Waals surface area contributed by atoms with Crippen molar-refractivity contribution in [3.63, 3.8) is 0 Å². The quantitative estimate of drug-likeness (QED) is 0.398. The summed E-state index contributed by atoms with van der Waals surface area (Å²) in [5.74, 6) is -0.0431. The molecule has 0 saturated carbocycles. The van der Waals surface area contributed by atoms with Crippen LogP contribution in [0.5, 0.6) is 5.75 Å². The van der Waals surface area contributed by atoms with Gasteiger partial charge in [0.25, 0.3) is 0 Å². The SMILES string of the molecule is O=C(c1ccc(O)cc1)c1ccc(-c2ccc(C(=O)c3ccc(Cl)cc3)cc2)cc1. The van der Waals surface area contributed by atoms with Crippen molar-refractivity contribution in [1.82, 2.24) is 0 Å². The van der Waals surface area contributed by atoms with Crippen molar-refractivity contribution < 1.29 is 14.7 Å². The number of halogens is 1. The van der Waals surface area contributed by atoms with Crippen LogP contribution >= 0.6 is 11.6 Å². The highest BCUT2D eigenvalue weighted by atomic mass is 35.5. The maximum atomic E-state index is 12.6. The summed E-state index contributed by atoms with van der Waals surface area (Å²) in [6, 6.07) is 27.7. The third kappa shape index (κ3) is 4.17. The predicted molar refractivity (Wildman–Crippen MR) is 118 cm³/mol. The van der Waals surface area contributed by atoms with E-state index in [9.17, 15) is 14.7 Å². The number of aromatic hydroxyl groups is 1. The first-order valence-corrected chi connectivity index (χ1v) is 9.73. The van der Waals surface area contributed by atoms with Gasteiger partial charge in [0, 0.05) is 27.3 Å². The van der Waals surface area contributed by atoms with Crippen LogP contribution in [0.1, 0.15) is 31.8 Å². The molecule has 4 aromatic rings. The van der Waals surface area contributed by atoms with Crippen molar-refractivity contribution in [3.05, 3.63) is 124 Å². The third-order valence-corrected chi connectivity index (χ3v) is 5.12. The lowest BCUT2D eigenvalue weighted by Crippen LogP contribution is -2.01. The van der Waals surface area contributed by atoms with Crippen LogP contribution in [0.4, 0.5) is 0 Å². The molecular formula is C26H17ClO3. The van der Waals surface area contributed by atoms with Crippen LogP contribution in [0.3, 0.4) is 0 Å². The van der Waals surface area contributed by atoms with Gasteiger partial charge in [-0.1, -0.05) is 60.1 Å². The number of phenols is 1. The summed E-state index contributed by atoms with van der Waals surface area (Å²) in [5.41, 5.74) is 4.17. The molecule has 0 atom stereocenters. The van der Waals surface area contributed by atoms with Gasteiger partial charge in [0.05, 0.1) is 0 Å². The number of carbonyl (C=O) groups excluding carboxylic acids is 2. The first-order valence-electron chi connectivity index (χ1n) is 9.36. The topological polar surface area (TPSA) is 54.4 Å². The number of hydrogen-bond donors (Lipinski definition) is 1. The van der Waals surface area contributed by atoms with Gasteiger partial charge in [-0.05, 0) is 59.7 Å². The van der Waals surface area contributed by atoms with Crippen LogP contribution in [0.15, 0.2) is 97.1 Å². The Morgan fingerprint density at radius 2 is 0.800 bits per heavy atom. The molecular weight excluding hydrogens is 396 g/mol. The molecule has 3 nitrogen and oxygen atoms in total. The van der Waals surface area contributed by atoms with Crippen molar-refractivity contribution >= 4 is 23.2 Å². The number of phenolic OH excluding ortho intramolecular Hbond substituents is 1. The van der Waals surface area contributed by atoms with Crippen molar-refractivity contribution in [3.8, 4) is 16.9 Å². The molecule has 30 heavy (non-hydrogen) atoms. The highest BCUT2D eigenvalue weighted by Gasteiger charge is 2.11. The number of ketones is 2. The molecule has 0 spiro atoms. The molecule has 4 aromatic carbocycles. The van der Waals surface area contributed by atoms with E-state index in [4.69, 9.17) is 11.6 Å². The number of rotatable bonds is 5. The minimum Gasteiger partial charge on any atom is -0.508 e. The van der Waals surface area contributed by atoms with E-state index in [2.05, 4.69) is 0 Å². The average molecular weight is 413 g/mol. The number of carbonyl (C=O) groups is 2. The van der Waals surface area contributed by atoms with Gasteiger partial charge in [-0.3, -0.25) is 9.59 Å². The van der Waals surface area contributed by atoms with E-state index in [1.807, 2.05) is 24.3 Å². The molecule has 0 aliphatic heterocycles. The number of benzene rings is 4.